The van der Waals surface area contributed by atoms with Crippen LogP contribution in [0, 0.1) is 0 Å². The van der Waals surface area contributed by atoms with Crippen LogP contribution in [-0.2, 0) is 0 Å². The third kappa shape index (κ3) is 2.05. The molecular weight excluding hydrogens is 292 g/mol. The van der Waals surface area contributed by atoms with Crippen molar-refractivity contribution >= 4 is 11.0 Å². The first kappa shape index (κ1) is 13.6. The summed E-state index contributed by atoms with van der Waals surface area (Å²) in [6.45, 7) is 0. The van der Waals surface area contributed by atoms with E-state index in [1.165, 1.54) is 0 Å². The maximum absolute atomic E-state index is 12.0. The van der Waals surface area contributed by atoms with Crippen molar-refractivity contribution in [3.63, 3.8) is 0 Å². The van der Waals surface area contributed by atoms with E-state index in [0.29, 0.717) is 0 Å². The van der Waals surface area contributed by atoms with Crippen LogP contribution in [0.1, 0.15) is 0 Å². The number of hydrogen-bond donors (Lipinski definition) is 5. The van der Waals surface area contributed by atoms with Gasteiger partial charge < -0.3 is 29.9 Å². The number of rotatable bonds is 1. The van der Waals surface area contributed by atoms with Crippen molar-refractivity contribution in [2.45, 2.75) is 0 Å². The molecule has 0 bridgehead atoms. The highest BCUT2D eigenvalue weighted by atomic mass is 16.3. The SMILES string of the molecule is O=c1cc(-c2cc(O)c(O)c(O)c2)oc2cc(O)c(O)cc12. The van der Waals surface area contributed by atoms with Crippen molar-refractivity contribution in [1.82, 2.24) is 0 Å². The van der Waals surface area contributed by atoms with Gasteiger partial charge in [0.25, 0.3) is 0 Å². The summed E-state index contributed by atoms with van der Waals surface area (Å²) in [4.78, 5) is 12.0. The summed E-state index contributed by atoms with van der Waals surface area (Å²) in [5.41, 5.74) is -0.317. The zero-order valence-electron chi connectivity index (χ0n) is 10.9. The first-order chi connectivity index (χ1) is 10.4. The lowest BCUT2D eigenvalue weighted by Crippen LogP contribution is -2.00. The van der Waals surface area contributed by atoms with Crippen LogP contribution in [0.2, 0.25) is 0 Å². The summed E-state index contributed by atoms with van der Waals surface area (Å²) in [6, 6.07) is 5.48. The quantitative estimate of drug-likeness (QED) is 0.434. The fraction of sp³-hybridized carbons (Fsp3) is 0. The molecule has 22 heavy (non-hydrogen) atoms. The standard InChI is InChI=1S/C15H10O7/c16-8-4-13(6-1-11(19)15(21)12(20)2-6)22-14-5-10(18)9(17)3-7(8)14/h1-5,17-21H. The normalized spacial score (nSPS) is 10.9. The molecule has 7 heteroatoms. The van der Waals surface area contributed by atoms with Gasteiger partial charge in [-0.05, 0) is 18.2 Å². The summed E-state index contributed by atoms with van der Waals surface area (Å²) >= 11 is 0. The lowest BCUT2D eigenvalue weighted by atomic mass is 10.1. The minimum absolute atomic E-state index is 0.00758. The van der Waals surface area contributed by atoms with Crippen LogP contribution in [0.4, 0.5) is 0 Å². The predicted molar refractivity (Wildman–Crippen MR) is 76.2 cm³/mol. The summed E-state index contributed by atoms with van der Waals surface area (Å²) in [6.07, 6.45) is 0. The first-order valence-electron chi connectivity index (χ1n) is 6.12. The summed E-state index contributed by atoms with van der Waals surface area (Å²) < 4.78 is 5.44. The third-order valence-corrected chi connectivity index (χ3v) is 3.18. The zero-order valence-corrected chi connectivity index (χ0v) is 10.9. The maximum atomic E-state index is 12.0. The van der Waals surface area contributed by atoms with E-state index in [2.05, 4.69) is 0 Å². The van der Waals surface area contributed by atoms with Crippen LogP contribution < -0.4 is 5.43 Å². The van der Waals surface area contributed by atoms with Gasteiger partial charge in [-0.25, -0.2) is 0 Å². The average Bonchev–Trinajstić information content (AvgIpc) is 2.46. The van der Waals surface area contributed by atoms with Gasteiger partial charge in [-0.1, -0.05) is 0 Å². The Kier molecular flexibility index (Phi) is 2.84. The van der Waals surface area contributed by atoms with Gasteiger partial charge in [-0.3, -0.25) is 4.79 Å². The zero-order chi connectivity index (χ0) is 16.0. The Balaban J connectivity index is 2.29. The van der Waals surface area contributed by atoms with Crippen LogP contribution >= 0.6 is 0 Å². The number of hydrogen-bond acceptors (Lipinski definition) is 7. The minimum atomic E-state index is -0.686. The smallest absolute Gasteiger partial charge is 0.200 e. The molecule has 0 fully saturated rings. The summed E-state index contributed by atoms with van der Waals surface area (Å²) in [7, 11) is 0. The molecule has 0 saturated carbocycles. The van der Waals surface area contributed by atoms with Gasteiger partial charge >= 0.3 is 0 Å². The molecule has 3 rings (SSSR count). The van der Waals surface area contributed by atoms with E-state index in [0.717, 1.165) is 30.3 Å². The Morgan fingerprint density at radius 3 is 1.95 bits per heavy atom. The first-order valence-corrected chi connectivity index (χ1v) is 6.12. The Labute approximate surface area is 122 Å². The van der Waals surface area contributed by atoms with Crippen LogP contribution in [0.25, 0.3) is 22.3 Å². The molecule has 0 aliphatic heterocycles. The van der Waals surface area contributed by atoms with E-state index in [-0.39, 0.29) is 22.3 Å². The number of phenolic OH excluding ortho intramolecular Hbond substituents is 5. The van der Waals surface area contributed by atoms with Crippen molar-refractivity contribution in [3.8, 4) is 40.1 Å². The van der Waals surface area contributed by atoms with Gasteiger partial charge in [0.2, 0.25) is 0 Å². The van der Waals surface area contributed by atoms with Crippen molar-refractivity contribution < 1.29 is 29.9 Å². The number of fused-ring (bicyclic) bond motifs is 1. The topological polar surface area (TPSA) is 131 Å². The summed E-state index contributed by atoms with van der Waals surface area (Å²) in [5.74, 6) is -2.74. The van der Waals surface area contributed by atoms with Crippen LogP contribution in [0.15, 0.2) is 39.5 Å². The van der Waals surface area contributed by atoms with Crippen LogP contribution in [0.5, 0.6) is 28.7 Å². The number of phenols is 5. The largest absolute Gasteiger partial charge is 0.504 e. The second-order valence-corrected chi connectivity index (χ2v) is 4.68. The fourth-order valence-electron chi connectivity index (χ4n) is 2.07. The molecule has 2 aromatic carbocycles. The third-order valence-electron chi connectivity index (χ3n) is 3.18. The Morgan fingerprint density at radius 2 is 1.32 bits per heavy atom. The predicted octanol–water partition coefficient (Wildman–Crippen LogP) is 1.99. The molecule has 3 aromatic rings. The summed E-state index contributed by atoms with van der Waals surface area (Å²) in [5, 5.41) is 47.3. The monoisotopic (exact) mass is 302 g/mol. The Morgan fingerprint density at radius 1 is 0.727 bits per heavy atom. The highest BCUT2D eigenvalue weighted by molar-refractivity contribution is 5.82. The maximum Gasteiger partial charge on any atom is 0.200 e. The number of benzene rings is 2. The molecule has 1 aromatic heterocycles. The van der Waals surface area contributed by atoms with Crippen molar-refractivity contribution in [2.24, 2.45) is 0 Å². The fourth-order valence-corrected chi connectivity index (χ4v) is 2.07. The average molecular weight is 302 g/mol. The minimum Gasteiger partial charge on any atom is -0.504 e. The van der Waals surface area contributed by atoms with Gasteiger partial charge in [-0.2, -0.15) is 0 Å². The van der Waals surface area contributed by atoms with Crippen molar-refractivity contribution in [1.29, 1.82) is 0 Å². The molecule has 112 valence electrons. The molecule has 5 N–H and O–H groups in total. The molecule has 7 nitrogen and oxygen atoms in total. The molecule has 0 amide bonds. The molecule has 1 heterocycles. The van der Waals surface area contributed by atoms with E-state index >= 15 is 0 Å². The molecule has 0 saturated heterocycles. The highest BCUT2D eigenvalue weighted by Gasteiger charge is 2.14. The van der Waals surface area contributed by atoms with E-state index < -0.39 is 34.2 Å². The van der Waals surface area contributed by atoms with E-state index in [9.17, 15) is 30.3 Å². The molecule has 0 aliphatic rings. The van der Waals surface area contributed by atoms with E-state index in [1.807, 2.05) is 0 Å². The van der Waals surface area contributed by atoms with Crippen molar-refractivity contribution in [2.75, 3.05) is 0 Å². The van der Waals surface area contributed by atoms with Gasteiger partial charge in [-0.15, -0.1) is 0 Å². The van der Waals surface area contributed by atoms with Gasteiger partial charge in [0, 0.05) is 17.7 Å². The molecule has 0 aliphatic carbocycles. The lowest BCUT2D eigenvalue weighted by molar-refractivity contribution is 0.368. The molecule has 0 radical (unpaired) electrons. The second-order valence-electron chi connectivity index (χ2n) is 4.68. The lowest BCUT2D eigenvalue weighted by Gasteiger charge is -2.07. The highest BCUT2D eigenvalue weighted by Crippen LogP contribution is 2.39. The van der Waals surface area contributed by atoms with E-state index in [4.69, 9.17) is 4.42 Å². The van der Waals surface area contributed by atoms with Gasteiger partial charge in [0.15, 0.2) is 34.2 Å². The van der Waals surface area contributed by atoms with Crippen molar-refractivity contribution in [3.05, 3.63) is 40.6 Å². The molecule has 0 unspecified atom stereocenters. The Hall–Kier alpha value is -3.35. The second kappa shape index (κ2) is 4.59. The molecule has 0 spiro atoms. The van der Waals surface area contributed by atoms with E-state index in [1.54, 1.807) is 0 Å². The van der Waals surface area contributed by atoms with Crippen LogP contribution in [-0.4, -0.2) is 25.5 Å². The van der Waals surface area contributed by atoms with Gasteiger partial charge in [0.05, 0.1) is 5.39 Å². The number of aromatic hydroxyl groups is 5. The molecular formula is C15H10O7. The Bertz CT molecular complexity index is 933. The van der Waals surface area contributed by atoms with Gasteiger partial charge in [0.1, 0.15) is 11.3 Å². The van der Waals surface area contributed by atoms with Crippen LogP contribution in [0.3, 0.4) is 0 Å². The molecule has 0 atom stereocenters.